The zero-order valence-corrected chi connectivity index (χ0v) is 14.3. The number of carbonyl (C=O) groups excluding carboxylic acids is 1. The van der Waals surface area contributed by atoms with Crippen LogP contribution in [0.5, 0.6) is 0 Å². The summed E-state index contributed by atoms with van der Waals surface area (Å²) in [7, 11) is 0. The molecule has 0 fully saturated rings. The number of thioether (sulfide) groups is 1. The summed E-state index contributed by atoms with van der Waals surface area (Å²) in [6.45, 7) is 0.500. The summed E-state index contributed by atoms with van der Waals surface area (Å²) in [6, 6.07) is 11.6. The molecule has 0 bridgehead atoms. The molecule has 2 heterocycles. The van der Waals surface area contributed by atoms with Crippen LogP contribution < -0.4 is 5.32 Å². The van der Waals surface area contributed by atoms with Crippen molar-refractivity contribution in [2.75, 3.05) is 12.8 Å². The summed E-state index contributed by atoms with van der Waals surface area (Å²) in [5.74, 6) is -0.0534. The zero-order valence-electron chi connectivity index (χ0n) is 12.7. The van der Waals surface area contributed by atoms with E-state index in [4.69, 9.17) is 0 Å². The minimum Gasteiger partial charge on any atom is -0.349 e. The zero-order chi connectivity index (χ0) is 16.1. The number of thiophene rings is 1. The number of nitrogens with one attached hydrogen (secondary N) is 1. The molecule has 1 amide bonds. The van der Waals surface area contributed by atoms with Gasteiger partial charge in [0.1, 0.15) is 0 Å². The van der Waals surface area contributed by atoms with Crippen LogP contribution in [0.4, 0.5) is 0 Å². The highest BCUT2D eigenvalue weighted by atomic mass is 32.2. The van der Waals surface area contributed by atoms with Gasteiger partial charge in [-0.1, -0.05) is 12.1 Å². The molecule has 0 saturated carbocycles. The van der Waals surface area contributed by atoms with Crippen molar-refractivity contribution in [2.45, 2.75) is 10.9 Å². The maximum absolute atomic E-state index is 12.5. The molecule has 1 N–H and O–H groups in total. The average molecular weight is 343 g/mol. The Balaban J connectivity index is 1.76. The van der Waals surface area contributed by atoms with Crippen LogP contribution >= 0.6 is 23.1 Å². The lowest BCUT2D eigenvalue weighted by molar-refractivity contribution is 0.0946. The summed E-state index contributed by atoms with van der Waals surface area (Å²) < 4.78 is 1.88. The number of hydrogen-bond donors (Lipinski definition) is 1. The predicted molar refractivity (Wildman–Crippen MR) is 95.2 cm³/mol. The van der Waals surface area contributed by atoms with Crippen LogP contribution in [0.2, 0.25) is 0 Å². The van der Waals surface area contributed by atoms with Gasteiger partial charge < -0.3 is 5.32 Å². The fourth-order valence-corrected chi connectivity index (χ4v) is 3.71. The number of amides is 1. The largest absolute Gasteiger partial charge is 0.349 e. The third kappa shape index (κ3) is 3.65. The molecule has 3 aromatic rings. The summed E-state index contributed by atoms with van der Waals surface area (Å²) in [4.78, 5) is 13.5. The van der Waals surface area contributed by atoms with Gasteiger partial charge in [0.05, 0.1) is 11.6 Å². The maximum atomic E-state index is 12.5. The number of nitrogens with zero attached hydrogens (tertiary/aromatic N) is 2. The summed E-state index contributed by atoms with van der Waals surface area (Å²) in [6.07, 6.45) is 5.65. The van der Waals surface area contributed by atoms with Crippen molar-refractivity contribution in [1.82, 2.24) is 15.1 Å². The SMILES string of the molecule is CSc1ccccc1C(=O)NC[C@H](c1ccsc1)n1cccn1. The lowest BCUT2D eigenvalue weighted by atomic mass is 10.1. The Hall–Kier alpha value is -2.05. The second-order valence-corrected chi connectivity index (χ2v) is 6.60. The van der Waals surface area contributed by atoms with E-state index in [1.54, 1.807) is 29.3 Å². The molecule has 4 nitrogen and oxygen atoms in total. The molecule has 23 heavy (non-hydrogen) atoms. The third-order valence-corrected chi connectivity index (χ3v) is 5.08. The molecule has 0 radical (unpaired) electrons. The van der Waals surface area contributed by atoms with Crippen LogP contribution in [0.3, 0.4) is 0 Å². The van der Waals surface area contributed by atoms with Crippen LogP contribution in [0, 0.1) is 0 Å². The van der Waals surface area contributed by atoms with E-state index < -0.39 is 0 Å². The van der Waals surface area contributed by atoms with Gasteiger partial charge in [0.2, 0.25) is 0 Å². The second-order valence-electron chi connectivity index (χ2n) is 4.97. The molecule has 0 saturated heterocycles. The fraction of sp³-hybridized carbons (Fsp3) is 0.176. The highest BCUT2D eigenvalue weighted by Gasteiger charge is 2.17. The van der Waals surface area contributed by atoms with E-state index in [0.29, 0.717) is 12.1 Å². The Morgan fingerprint density at radius 3 is 2.91 bits per heavy atom. The Morgan fingerprint density at radius 2 is 2.22 bits per heavy atom. The monoisotopic (exact) mass is 343 g/mol. The van der Waals surface area contributed by atoms with Crippen molar-refractivity contribution in [3.8, 4) is 0 Å². The Labute approximate surface area is 143 Å². The van der Waals surface area contributed by atoms with Crippen LogP contribution in [0.1, 0.15) is 22.0 Å². The molecule has 1 aromatic carbocycles. The number of benzene rings is 1. The van der Waals surface area contributed by atoms with E-state index in [9.17, 15) is 4.79 Å². The molecule has 2 aromatic heterocycles. The average Bonchev–Trinajstić information content (AvgIpc) is 3.29. The van der Waals surface area contributed by atoms with Gasteiger partial charge in [0.15, 0.2) is 0 Å². The van der Waals surface area contributed by atoms with Crippen LogP contribution in [0.15, 0.2) is 64.4 Å². The standard InChI is InChI=1S/C17H17N3OS2/c1-22-16-6-3-2-5-14(16)17(21)18-11-15(13-7-10-23-12-13)20-9-4-8-19-20/h2-10,12,15H,11H2,1H3,(H,18,21)/t15-/m1/s1. The first-order valence-electron chi connectivity index (χ1n) is 7.22. The maximum Gasteiger partial charge on any atom is 0.252 e. The van der Waals surface area contributed by atoms with Gasteiger partial charge in [0, 0.05) is 23.8 Å². The lowest BCUT2D eigenvalue weighted by Gasteiger charge is -2.18. The van der Waals surface area contributed by atoms with Gasteiger partial charge in [0.25, 0.3) is 5.91 Å². The number of aromatic nitrogens is 2. The molecule has 6 heteroatoms. The summed E-state index contributed by atoms with van der Waals surface area (Å²) >= 11 is 3.22. The van der Waals surface area contributed by atoms with E-state index in [1.165, 1.54) is 0 Å². The van der Waals surface area contributed by atoms with E-state index in [1.807, 2.05) is 52.8 Å². The van der Waals surface area contributed by atoms with Crippen molar-refractivity contribution in [1.29, 1.82) is 0 Å². The minimum atomic E-state index is -0.0534. The van der Waals surface area contributed by atoms with Crippen molar-refractivity contribution >= 4 is 29.0 Å². The van der Waals surface area contributed by atoms with Gasteiger partial charge in [-0.3, -0.25) is 9.48 Å². The molecular formula is C17H17N3OS2. The first-order chi connectivity index (χ1) is 11.3. The van der Waals surface area contributed by atoms with E-state index in [-0.39, 0.29) is 11.9 Å². The van der Waals surface area contributed by atoms with Crippen LogP contribution in [-0.2, 0) is 0 Å². The Bertz CT molecular complexity index is 720. The predicted octanol–water partition coefficient (Wildman–Crippen LogP) is 3.69. The topological polar surface area (TPSA) is 46.9 Å². The van der Waals surface area contributed by atoms with Gasteiger partial charge in [-0.15, -0.1) is 11.8 Å². The highest BCUT2D eigenvalue weighted by Crippen LogP contribution is 2.22. The Morgan fingerprint density at radius 1 is 1.35 bits per heavy atom. The van der Waals surface area contributed by atoms with Gasteiger partial charge in [-0.25, -0.2) is 0 Å². The number of carbonyl (C=O) groups is 1. The second kappa shape index (κ2) is 7.48. The smallest absolute Gasteiger partial charge is 0.252 e. The highest BCUT2D eigenvalue weighted by molar-refractivity contribution is 7.98. The van der Waals surface area contributed by atoms with Gasteiger partial charge in [-0.2, -0.15) is 16.4 Å². The molecule has 0 aliphatic carbocycles. The molecule has 1 atom stereocenters. The van der Waals surface area contributed by atoms with Crippen molar-refractivity contribution in [2.24, 2.45) is 0 Å². The molecule has 0 aliphatic heterocycles. The normalized spacial score (nSPS) is 12.0. The van der Waals surface area contributed by atoms with Crippen molar-refractivity contribution in [3.05, 3.63) is 70.7 Å². The van der Waals surface area contributed by atoms with E-state index >= 15 is 0 Å². The molecule has 0 aliphatic rings. The molecule has 0 unspecified atom stereocenters. The first-order valence-corrected chi connectivity index (χ1v) is 9.39. The van der Waals surface area contributed by atoms with Gasteiger partial charge >= 0.3 is 0 Å². The minimum absolute atomic E-state index is 0.00152. The summed E-state index contributed by atoms with van der Waals surface area (Å²) in [5.41, 5.74) is 1.86. The molecule has 0 spiro atoms. The number of hydrogen-bond acceptors (Lipinski definition) is 4. The van der Waals surface area contributed by atoms with Crippen LogP contribution in [-0.4, -0.2) is 28.5 Å². The lowest BCUT2D eigenvalue weighted by Crippen LogP contribution is -2.31. The number of rotatable bonds is 6. The first kappa shape index (κ1) is 15.8. The van der Waals surface area contributed by atoms with Crippen LogP contribution in [0.25, 0.3) is 0 Å². The quantitative estimate of drug-likeness (QED) is 0.695. The Kier molecular flexibility index (Phi) is 5.15. The molecule has 118 valence electrons. The third-order valence-electron chi connectivity index (χ3n) is 3.58. The van der Waals surface area contributed by atoms with Crippen molar-refractivity contribution in [3.63, 3.8) is 0 Å². The van der Waals surface area contributed by atoms with Crippen molar-refractivity contribution < 1.29 is 4.79 Å². The van der Waals surface area contributed by atoms with E-state index in [2.05, 4.69) is 21.9 Å². The molecular weight excluding hydrogens is 326 g/mol. The van der Waals surface area contributed by atoms with Gasteiger partial charge in [-0.05, 0) is 46.8 Å². The fourth-order valence-electron chi connectivity index (χ4n) is 2.41. The molecule has 3 rings (SSSR count). The van der Waals surface area contributed by atoms with E-state index in [0.717, 1.165) is 10.5 Å². The summed E-state index contributed by atoms with van der Waals surface area (Å²) in [5, 5.41) is 11.5.